The molecule has 3 atom stereocenters. The Morgan fingerprint density at radius 1 is 1.22 bits per heavy atom. The van der Waals surface area contributed by atoms with E-state index in [0.717, 1.165) is 44.3 Å². The lowest BCUT2D eigenvalue weighted by Gasteiger charge is -2.36. The Morgan fingerprint density at radius 2 is 1.91 bits per heavy atom. The largest absolute Gasteiger partial charge is 0.353 e. The minimum absolute atomic E-state index is 0. The summed E-state index contributed by atoms with van der Waals surface area (Å²) in [4.78, 5) is 12.4. The van der Waals surface area contributed by atoms with Gasteiger partial charge in [0.2, 0.25) is 5.91 Å². The molecule has 0 aromatic carbocycles. The lowest BCUT2D eigenvalue weighted by molar-refractivity contribution is -0.124. The fourth-order valence-corrected chi connectivity index (χ4v) is 5.47. The van der Waals surface area contributed by atoms with Gasteiger partial charge in [0, 0.05) is 34.3 Å². The van der Waals surface area contributed by atoms with Crippen molar-refractivity contribution in [2.75, 3.05) is 12.3 Å². The Bertz CT molecular complexity index is 400. The Balaban J connectivity index is 0.00000264. The van der Waals surface area contributed by atoms with Gasteiger partial charge in [0.15, 0.2) is 0 Å². The van der Waals surface area contributed by atoms with E-state index in [2.05, 4.69) is 5.32 Å². The maximum Gasteiger partial charge on any atom is 0.220 e. The van der Waals surface area contributed by atoms with Crippen LogP contribution >= 0.6 is 12.4 Å². The topological polar surface area (TPSA) is 72.2 Å². The third-order valence-corrected chi connectivity index (χ3v) is 7.27. The van der Waals surface area contributed by atoms with E-state index in [0.29, 0.717) is 13.0 Å². The summed E-state index contributed by atoms with van der Waals surface area (Å²) in [6, 6.07) is 0.208. The summed E-state index contributed by atoms with van der Waals surface area (Å²) in [5.74, 6) is 0.877. The molecule has 3 unspecified atom stereocenters. The number of nitrogens with two attached hydrogens (primary N) is 1. The van der Waals surface area contributed by atoms with Crippen molar-refractivity contribution >= 4 is 29.1 Å². The SMILES string of the molecule is CCS(=O)C1CCCC(NC(=O)CC2(CN)CCCCC2)C1.Cl. The molecule has 0 heterocycles. The summed E-state index contributed by atoms with van der Waals surface area (Å²) in [5.41, 5.74) is 6.01. The smallest absolute Gasteiger partial charge is 0.220 e. The van der Waals surface area contributed by atoms with Gasteiger partial charge < -0.3 is 11.1 Å². The molecular weight excluding hydrogens is 332 g/mol. The first kappa shape index (κ1) is 20.9. The minimum Gasteiger partial charge on any atom is -0.353 e. The monoisotopic (exact) mass is 364 g/mol. The molecule has 2 saturated carbocycles. The van der Waals surface area contributed by atoms with Gasteiger partial charge in [0.25, 0.3) is 0 Å². The molecule has 0 aromatic heterocycles. The Morgan fingerprint density at radius 3 is 2.52 bits per heavy atom. The van der Waals surface area contributed by atoms with E-state index in [1.165, 1.54) is 19.3 Å². The zero-order chi connectivity index (χ0) is 16.0. The van der Waals surface area contributed by atoms with Crippen molar-refractivity contribution in [3.8, 4) is 0 Å². The molecule has 0 radical (unpaired) electrons. The summed E-state index contributed by atoms with van der Waals surface area (Å²) in [5, 5.41) is 3.47. The highest BCUT2D eigenvalue weighted by molar-refractivity contribution is 7.85. The number of hydrogen-bond donors (Lipinski definition) is 2. The van der Waals surface area contributed by atoms with Crippen LogP contribution in [-0.4, -0.2) is 33.7 Å². The van der Waals surface area contributed by atoms with Crippen molar-refractivity contribution in [1.29, 1.82) is 0 Å². The van der Waals surface area contributed by atoms with Crippen LogP contribution < -0.4 is 11.1 Å². The van der Waals surface area contributed by atoms with Crippen LogP contribution in [0.4, 0.5) is 0 Å². The van der Waals surface area contributed by atoms with Crippen molar-refractivity contribution in [1.82, 2.24) is 5.32 Å². The highest BCUT2D eigenvalue weighted by Gasteiger charge is 2.34. The summed E-state index contributed by atoms with van der Waals surface area (Å²) in [7, 11) is -0.736. The van der Waals surface area contributed by atoms with Crippen molar-refractivity contribution < 1.29 is 9.00 Å². The molecule has 23 heavy (non-hydrogen) atoms. The maximum atomic E-state index is 12.4. The van der Waals surface area contributed by atoms with Crippen molar-refractivity contribution in [2.24, 2.45) is 11.1 Å². The van der Waals surface area contributed by atoms with E-state index in [9.17, 15) is 9.00 Å². The Hall–Kier alpha value is -0.130. The summed E-state index contributed by atoms with van der Waals surface area (Å²) in [6.07, 6.45) is 10.4. The van der Waals surface area contributed by atoms with Gasteiger partial charge in [0.1, 0.15) is 0 Å². The zero-order valence-corrected chi connectivity index (χ0v) is 16.0. The van der Waals surface area contributed by atoms with Gasteiger partial charge in [-0.1, -0.05) is 32.6 Å². The molecule has 2 aliphatic carbocycles. The highest BCUT2D eigenvalue weighted by atomic mass is 35.5. The zero-order valence-electron chi connectivity index (χ0n) is 14.4. The van der Waals surface area contributed by atoms with E-state index >= 15 is 0 Å². The van der Waals surface area contributed by atoms with Crippen LogP contribution in [0.1, 0.15) is 71.1 Å². The van der Waals surface area contributed by atoms with Crippen molar-refractivity contribution in [3.05, 3.63) is 0 Å². The average molecular weight is 365 g/mol. The number of nitrogens with one attached hydrogen (secondary N) is 1. The second kappa shape index (κ2) is 10.00. The van der Waals surface area contributed by atoms with Crippen LogP contribution in [0.15, 0.2) is 0 Å². The molecule has 0 aliphatic heterocycles. The molecule has 0 bridgehead atoms. The van der Waals surface area contributed by atoms with E-state index < -0.39 is 10.8 Å². The summed E-state index contributed by atoms with van der Waals surface area (Å²) in [6.45, 7) is 2.60. The predicted molar refractivity (Wildman–Crippen MR) is 99.3 cm³/mol. The second-order valence-corrected chi connectivity index (χ2v) is 9.17. The van der Waals surface area contributed by atoms with Gasteiger partial charge in [-0.05, 0) is 44.1 Å². The molecule has 136 valence electrons. The lowest BCUT2D eigenvalue weighted by Crippen LogP contribution is -2.44. The first-order valence-corrected chi connectivity index (χ1v) is 10.3. The van der Waals surface area contributed by atoms with Crippen LogP contribution in [0.3, 0.4) is 0 Å². The first-order chi connectivity index (χ1) is 10.6. The average Bonchev–Trinajstić information content (AvgIpc) is 2.55. The normalized spacial score (nSPS) is 28.4. The van der Waals surface area contributed by atoms with E-state index in [4.69, 9.17) is 5.73 Å². The highest BCUT2D eigenvalue weighted by Crippen LogP contribution is 2.38. The number of amides is 1. The molecular formula is C17H33ClN2O2S. The van der Waals surface area contributed by atoms with E-state index in [1.54, 1.807) is 0 Å². The fourth-order valence-electron chi connectivity index (χ4n) is 4.12. The van der Waals surface area contributed by atoms with E-state index in [1.807, 2.05) is 6.92 Å². The van der Waals surface area contributed by atoms with Crippen LogP contribution in [0.5, 0.6) is 0 Å². The van der Waals surface area contributed by atoms with Crippen molar-refractivity contribution in [2.45, 2.75) is 82.4 Å². The molecule has 3 N–H and O–H groups in total. The number of rotatable bonds is 6. The standard InChI is InChI=1S/C17H32N2O2S.ClH/c1-2-22(21)15-8-6-7-14(11-15)19-16(20)12-17(13-18)9-4-3-5-10-17;/h14-15H,2-13,18H2,1H3,(H,19,20);1H. The number of carbonyl (C=O) groups excluding carboxylic acids is 1. The molecule has 0 saturated heterocycles. The van der Waals surface area contributed by atoms with Crippen LogP contribution in [0.2, 0.25) is 0 Å². The van der Waals surface area contributed by atoms with Crippen molar-refractivity contribution in [3.63, 3.8) is 0 Å². The van der Waals surface area contributed by atoms with Gasteiger partial charge in [-0.15, -0.1) is 12.4 Å². The van der Waals surface area contributed by atoms with Crippen LogP contribution in [0.25, 0.3) is 0 Å². The number of halogens is 1. The third-order valence-electron chi connectivity index (χ3n) is 5.53. The molecule has 2 fully saturated rings. The summed E-state index contributed by atoms with van der Waals surface area (Å²) < 4.78 is 12.0. The summed E-state index contributed by atoms with van der Waals surface area (Å²) >= 11 is 0. The minimum atomic E-state index is -0.736. The van der Waals surface area contributed by atoms with Crippen LogP contribution in [0, 0.1) is 5.41 Å². The Kier molecular flexibility index (Phi) is 9.09. The van der Waals surface area contributed by atoms with Gasteiger partial charge in [-0.3, -0.25) is 9.00 Å². The second-order valence-electron chi connectivity index (χ2n) is 7.16. The van der Waals surface area contributed by atoms with Gasteiger partial charge in [-0.2, -0.15) is 0 Å². The predicted octanol–water partition coefficient (Wildman–Crippen LogP) is 2.90. The van der Waals surface area contributed by atoms with Gasteiger partial charge >= 0.3 is 0 Å². The molecule has 0 spiro atoms. The quantitative estimate of drug-likeness (QED) is 0.761. The first-order valence-electron chi connectivity index (χ1n) is 8.95. The molecule has 4 nitrogen and oxygen atoms in total. The Labute approximate surface area is 149 Å². The molecule has 1 amide bonds. The number of hydrogen-bond acceptors (Lipinski definition) is 3. The van der Waals surface area contributed by atoms with Gasteiger partial charge in [0.05, 0.1) is 0 Å². The molecule has 0 aromatic rings. The number of carbonyl (C=O) groups is 1. The molecule has 2 aliphatic rings. The fraction of sp³-hybridized carbons (Fsp3) is 0.941. The third kappa shape index (κ3) is 6.02. The lowest BCUT2D eigenvalue weighted by atomic mass is 9.71. The van der Waals surface area contributed by atoms with Gasteiger partial charge in [-0.25, -0.2) is 0 Å². The molecule has 2 rings (SSSR count). The molecule has 6 heteroatoms. The van der Waals surface area contributed by atoms with Crippen LogP contribution in [-0.2, 0) is 15.6 Å². The van der Waals surface area contributed by atoms with E-state index in [-0.39, 0.29) is 35.0 Å². The maximum absolute atomic E-state index is 12.4.